The Balaban J connectivity index is 2.15. The van der Waals surface area contributed by atoms with Gasteiger partial charge in [-0.05, 0) is 29.5 Å². The van der Waals surface area contributed by atoms with Gasteiger partial charge in [-0.25, -0.2) is 0 Å². The molecule has 3 rings (SSSR count). The Morgan fingerprint density at radius 1 is 1.16 bits per heavy atom. The summed E-state index contributed by atoms with van der Waals surface area (Å²) in [5.74, 6) is 0.132. The Labute approximate surface area is 181 Å². The number of hydrogen-bond donors (Lipinski definition) is 0. The Bertz CT molecular complexity index is 1050. The van der Waals surface area contributed by atoms with Crippen LogP contribution in [-0.4, -0.2) is 37.9 Å². The van der Waals surface area contributed by atoms with E-state index in [4.69, 9.17) is 14.2 Å². The van der Waals surface area contributed by atoms with Gasteiger partial charge < -0.3 is 18.8 Å². The summed E-state index contributed by atoms with van der Waals surface area (Å²) in [5.41, 5.74) is 1.58. The van der Waals surface area contributed by atoms with Crippen molar-refractivity contribution in [1.29, 1.82) is 0 Å². The Morgan fingerprint density at radius 2 is 1.90 bits per heavy atom. The Hall–Kier alpha value is -3.00. The molecule has 0 saturated heterocycles. The van der Waals surface area contributed by atoms with E-state index < -0.39 is 11.3 Å². The molecule has 1 aromatic carbocycles. The molecule has 0 N–H and O–H groups in total. The van der Waals surface area contributed by atoms with Crippen molar-refractivity contribution in [1.82, 2.24) is 4.57 Å². The predicted molar refractivity (Wildman–Crippen MR) is 117 cm³/mol. The lowest BCUT2D eigenvalue weighted by molar-refractivity contribution is 0.0998. The zero-order valence-corrected chi connectivity index (χ0v) is 18.6. The topological polar surface area (TPSA) is 96.2 Å². The molecular weight excluding hydrogens is 400 g/mol. The predicted octanol–water partition coefficient (Wildman–Crippen LogP) is 3.99. The molecular formula is C23H28N2O6. The van der Waals surface area contributed by atoms with Crippen LogP contribution in [0.5, 0.6) is 11.5 Å². The number of nitrogens with zero attached hydrogens (tertiary/aromatic N) is 2. The van der Waals surface area contributed by atoms with Gasteiger partial charge in [-0.3, -0.25) is 9.59 Å². The molecule has 166 valence electrons. The maximum Gasteiger partial charge on any atom is 0.322 e. The van der Waals surface area contributed by atoms with Crippen LogP contribution in [0, 0.1) is 10.3 Å². The van der Waals surface area contributed by atoms with Crippen molar-refractivity contribution in [2.24, 2.45) is 10.6 Å². The third-order valence-electron chi connectivity index (χ3n) is 5.56. The van der Waals surface area contributed by atoms with E-state index in [1.165, 1.54) is 12.3 Å². The van der Waals surface area contributed by atoms with E-state index in [0.717, 1.165) is 17.5 Å². The van der Waals surface area contributed by atoms with Crippen molar-refractivity contribution in [2.75, 3.05) is 27.4 Å². The molecule has 1 atom stereocenters. The van der Waals surface area contributed by atoms with E-state index in [2.05, 4.69) is 25.9 Å². The molecule has 0 fully saturated rings. The second-order valence-electron chi connectivity index (χ2n) is 8.68. The number of ether oxygens (including phenoxy) is 3. The largest absolute Gasteiger partial charge is 0.493 e. The van der Waals surface area contributed by atoms with Gasteiger partial charge in [0, 0.05) is 49.2 Å². The van der Waals surface area contributed by atoms with Gasteiger partial charge in [0.25, 0.3) is 0 Å². The quantitative estimate of drug-likeness (QED) is 0.489. The number of fused-ring (bicyclic) bond motifs is 3. The first-order chi connectivity index (χ1) is 14.7. The molecule has 0 aliphatic carbocycles. The number of hydrogen-bond acceptors (Lipinski definition) is 6. The molecule has 1 aliphatic rings. The summed E-state index contributed by atoms with van der Waals surface area (Å²) in [7, 11) is 3.21. The Kier molecular flexibility index (Phi) is 6.59. The molecule has 31 heavy (non-hydrogen) atoms. The molecule has 1 amide bonds. The fourth-order valence-corrected chi connectivity index (χ4v) is 3.93. The minimum atomic E-state index is -1.06. The molecule has 0 radical (unpaired) electrons. The number of benzene rings is 1. The van der Waals surface area contributed by atoms with Crippen molar-refractivity contribution in [3.63, 3.8) is 0 Å². The van der Waals surface area contributed by atoms with Gasteiger partial charge in [-0.1, -0.05) is 20.8 Å². The fourth-order valence-electron chi connectivity index (χ4n) is 3.93. The van der Waals surface area contributed by atoms with Crippen molar-refractivity contribution in [3.05, 3.63) is 50.7 Å². The number of aromatic nitrogens is 1. The molecule has 1 aromatic heterocycles. The molecule has 1 aliphatic heterocycles. The molecule has 8 heteroatoms. The highest BCUT2D eigenvalue weighted by Gasteiger charge is 2.34. The maximum absolute atomic E-state index is 12.6. The zero-order chi connectivity index (χ0) is 22.8. The van der Waals surface area contributed by atoms with Crippen LogP contribution in [0.3, 0.4) is 0 Å². The van der Waals surface area contributed by atoms with Gasteiger partial charge in [0.15, 0.2) is 16.9 Å². The van der Waals surface area contributed by atoms with E-state index in [1.807, 2.05) is 16.7 Å². The number of carbonyl (C=O) groups excluding carboxylic acids is 1. The normalized spacial score (nSPS) is 15.1. The van der Waals surface area contributed by atoms with Gasteiger partial charge >= 0.3 is 5.91 Å². The number of pyridine rings is 1. The highest BCUT2D eigenvalue weighted by Crippen LogP contribution is 2.45. The van der Waals surface area contributed by atoms with Crippen molar-refractivity contribution in [2.45, 2.75) is 39.7 Å². The second-order valence-corrected chi connectivity index (χ2v) is 8.68. The average molecular weight is 428 g/mol. The van der Waals surface area contributed by atoms with E-state index in [0.29, 0.717) is 36.8 Å². The summed E-state index contributed by atoms with van der Waals surface area (Å²) in [6.45, 7) is 7.37. The number of nitroso groups, excluding NO2 is 1. The van der Waals surface area contributed by atoms with Gasteiger partial charge in [-0.15, -0.1) is 4.91 Å². The number of amides is 1. The van der Waals surface area contributed by atoms with Crippen LogP contribution in [0.2, 0.25) is 0 Å². The first kappa shape index (κ1) is 22.7. The molecule has 0 spiro atoms. The van der Waals surface area contributed by atoms with Crippen LogP contribution in [0.4, 0.5) is 0 Å². The Morgan fingerprint density at radius 3 is 2.52 bits per heavy atom. The lowest BCUT2D eigenvalue weighted by Crippen LogP contribution is -2.32. The molecule has 1 unspecified atom stereocenters. The van der Waals surface area contributed by atoms with Crippen LogP contribution in [-0.2, 0) is 11.2 Å². The van der Waals surface area contributed by atoms with Crippen molar-refractivity contribution < 1.29 is 19.0 Å². The zero-order valence-electron chi connectivity index (χ0n) is 18.6. The van der Waals surface area contributed by atoms with Crippen LogP contribution in [0.15, 0.2) is 34.4 Å². The van der Waals surface area contributed by atoms with Gasteiger partial charge in [0.2, 0.25) is 0 Å². The van der Waals surface area contributed by atoms with Crippen LogP contribution in [0.25, 0.3) is 11.3 Å². The van der Waals surface area contributed by atoms with Crippen molar-refractivity contribution in [3.8, 4) is 22.8 Å². The SMILES string of the molecule is COCCCOc1cc2c(cc1OC)-c1cc(=O)c(C(=O)N=O)cn1C(C(C)(C)C)C2. The van der Waals surface area contributed by atoms with Gasteiger partial charge in [0.05, 0.1) is 19.4 Å². The lowest BCUT2D eigenvalue weighted by Gasteiger charge is -2.39. The monoisotopic (exact) mass is 428 g/mol. The standard InChI is InChI=1S/C23H28N2O6/c1-23(2,3)21-10-14-9-20(31-8-6-7-29-4)19(30-5)11-15(14)17-12-18(26)16(13-25(17)21)22(27)24-28/h9,11-13,21H,6-8,10H2,1-5H3. The number of methoxy groups -OCH3 is 2. The average Bonchev–Trinajstić information content (AvgIpc) is 2.73. The summed E-state index contributed by atoms with van der Waals surface area (Å²) < 4.78 is 18.4. The minimum absolute atomic E-state index is 0.0523. The van der Waals surface area contributed by atoms with E-state index >= 15 is 0 Å². The van der Waals surface area contributed by atoms with E-state index in [-0.39, 0.29) is 17.0 Å². The van der Waals surface area contributed by atoms with Crippen LogP contribution in [0.1, 0.15) is 49.2 Å². The third kappa shape index (κ3) is 4.54. The molecule has 8 nitrogen and oxygen atoms in total. The number of rotatable bonds is 7. The van der Waals surface area contributed by atoms with Crippen molar-refractivity contribution >= 4 is 5.91 Å². The summed E-state index contributed by atoms with van der Waals surface area (Å²) in [4.78, 5) is 35.2. The van der Waals surface area contributed by atoms with Crippen LogP contribution >= 0.6 is 0 Å². The summed E-state index contributed by atoms with van der Waals surface area (Å²) >= 11 is 0. The van der Waals surface area contributed by atoms with E-state index in [9.17, 15) is 14.5 Å². The molecule has 2 aromatic rings. The third-order valence-corrected chi connectivity index (χ3v) is 5.56. The molecule has 0 bridgehead atoms. The summed E-state index contributed by atoms with van der Waals surface area (Å²) in [5, 5.41) is 2.43. The highest BCUT2D eigenvalue weighted by molar-refractivity contribution is 5.94. The minimum Gasteiger partial charge on any atom is -0.493 e. The highest BCUT2D eigenvalue weighted by atomic mass is 16.5. The molecule has 2 heterocycles. The maximum atomic E-state index is 12.6. The first-order valence-corrected chi connectivity index (χ1v) is 10.2. The van der Waals surface area contributed by atoms with Crippen LogP contribution < -0.4 is 14.9 Å². The summed E-state index contributed by atoms with van der Waals surface area (Å²) in [6.07, 6.45) is 2.87. The summed E-state index contributed by atoms with van der Waals surface area (Å²) in [6, 6.07) is 5.15. The van der Waals surface area contributed by atoms with E-state index in [1.54, 1.807) is 14.2 Å². The van der Waals surface area contributed by atoms with Gasteiger partial charge in [0.1, 0.15) is 5.56 Å². The molecule has 0 saturated carbocycles. The fraction of sp³-hybridized carbons (Fsp3) is 0.478. The number of carbonyl (C=O) groups is 1. The van der Waals surface area contributed by atoms with Gasteiger partial charge in [-0.2, -0.15) is 0 Å². The second kappa shape index (κ2) is 9.01. The smallest absolute Gasteiger partial charge is 0.322 e. The first-order valence-electron chi connectivity index (χ1n) is 10.2. The lowest BCUT2D eigenvalue weighted by atomic mass is 9.78.